The van der Waals surface area contributed by atoms with E-state index in [0.717, 1.165) is 18.6 Å². The number of benzene rings is 3. The number of phenolic OH excluding ortho intramolecular Hbond substituents is 2. The monoisotopic (exact) mass is 374 g/mol. The summed E-state index contributed by atoms with van der Waals surface area (Å²) in [6, 6.07) is 21.5. The van der Waals surface area contributed by atoms with E-state index < -0.39 is 0 Å². The van der Waals surface area contributed by atoms with Crippen LogP contribution in [0.25, 0.3) is 0 Å². The Morgan fingerprint density at radius 3 is 2.39 bits per heavy atom. The van der Waals surface area contributed by atoms with Gasteiger partial charge in [0.05, 0.1) is 7.11 Å². The molecule has 1 aliphatic carbocycles. The highest BCUT2D eigenvalue weighted by atomic mass is 16.5. The van der Waals surface area contributed by atoms with E-state index in [1.807, 2.05) is 36.4 Å². The lowest BCUT2D eigenvalue weighted by atomic mass is 9.66. The Bertz CT molecular complexity index is 962. The zero-order chi connectivity index (χ0) is 19.7. The van der Waals surface area contributed by atoms with Crippen LogP contribution in [0.2, 0.25) is 0 Å². The van der Waals surface area contributed by atoms with Crippen LogP contribution < -0.4 is 4.74 Å². The van der Waals surface area contributed by atoms with E-state index >= 15 is 0 Å². The summed E-state index contributed by atoms with van der Waals surface area (Å²) in [5, 5.41) is 19.8. The Kier molecular flexibility index (Phi) is 4.99. The van der Waals surface area contributed by atoms with E-state index in [1.54, 1.807) is 25.3 Å². The lowest BCUT2D eigenvalue weighted by Gasteiger charge is -2.38. The summed E-state index contributed by atoms with van der Waals surface area (Å²) in [4.78, 5) is 0. The third-order valence-electron chi connectivity index (χ3n) is 6.19. The van der Waals surface area contributed by atoms with Crippen molar-refractivity contribution in [3.8, 4) is 17.2 Å². The first-order valence-corrected chi connectivity index (χ1v) is 9.79. The predicted molar refractivity (Wildman–Crippen MR) is 111 cm³/mol. The van der Waals surface area contributed by atoms with Crippen molar-refractivity contribution in [2.24, 2.45) is 5.92 Å². The molecule has 1 aliphatic rings. The van der Waals surface area contributed by atoms with Crippen molar-refractivity contribution in [3.05, 3.63) is 89.0 Å². The van der Waals surface area contributed by atoms with Crippen LogP contribution in [0.5, 0.6) is 17.2 Å². The van der Waals surface area contributed by atoms with Gasteiger partial charge in [0.1, 0.15) is 17.2 Å². The first kappa shape index (κ1) is 18.4. The largest absolute Gasteiger partial charge is 0.508 e. The molecule has 3 unspecified atom stereocenters. The summed E-state index contributed by atoms with van der Waals surface area (Å²) < 4.78 is 5.58. The fourth-order valence-corrected chi connectivity index (χ4v) is 4.65. The zero-order valence-corrected chi connectivity index (χ0v) is 16.3. The summed E-state index contributed by atoms with van der Waals surface area (Å²) in [6.45, 7) is 2.30. The number of phenols is 2. The molecule has 0 aromatic heterocycles. The molecule has 0 bridgehead atoms. The highest BCUT2D eigenvalue weighted by molar-refractivity contribution is 5.45. The van der Waals surface area contributed by atoms with Crippen molar-refractivity contribution in [1.29, 1.82) is 0 Å². The summed E-state index contributed by atoms with van der Waals surface area (Å²) in [6.07, 6.45) is 1.79. The molecule has 4 rings (SSSR count). The van der Waals surface area contributed by atoms with Gasteiger partial charge in [-0.3, -0.25) is 0 Å². The molecular weight excluding hydrogens is 348 g/mol. The lowest BCUT2D eigenvalue weighted by molar-refractivity contribution is 0.341. The molecule has 144 valence electrons. The number of hydrogen-bond donors (Lipinski definition) is 2. The molecule has 3 aromatic rings. The molecule has 3 atom stereocenters. The molecule has 0 saturated heterocycles. The van der Waals surface area contributed by atoms with Gasteiger partial charge in [-0.2, -0.15) is 0 Å². The highest BCUT2D eigenvalue weighted by Gasteiger charge is 2.35. The maximum atomic E-state index is 10.1. The molecule has 28 heavy (non-hydrogen) atoms. The normalized spacial score (nSPS) is 21.1. The van der Waals surface area contributed by atoms with E-state index in [4.69, 9.17) is 4.74 Å². The van der Waals surface area contributed by atoms with Crippen molar-refractivity contribution in [3.63, 3.8) is 0 Å². The summed E-state index contributed by atoms with van der Waals surface area (Å²) in [7, 11) is 1.71. The number of fused-ring (bicyclic) bond motifs is 1. The predicted octanol–water partition coefficient (Wildman–Crippen LogP) is 5.41. The first-order valence-electron chi connectivity index (χ1n) is 9.79. The van der Waals surface area contributed by atoms with Gasteiger partial charge < -0.3 is 14.9 Å². The van der Waals surface area contributed by atoms with Crippen molar-refractivity contribution < 1.29 is 14.9 Å². The van der Waals surface area contributed by atoms with Crippen LogP contribution in [0.1, 0.15) is 41.0 Å². The molecule has 0 spiro atoms. The molecule has 0 saturated carbocycles. The number of rotatable bonds is 4. The van der Waals surface area contributed by atoms with Gasteiger partial charge in [-0.15, -0.1) is 0 Å². The van der Waals surface area contributed by atoms with Crippen LogP contribution in [-0.4, -0.2) is 17.3 Å². The summed E-state index contributed by atoms with van der Waals surface area (Å²) in [5.74, 6) is 2.53. The van der Waals surface area contributed by atoms with E-state index in [1.165, 1.54) is 22.3 Å². The van der Waals surface area contributed by atoms with E-state index in [-0.39, 0.29) is 5.92 Å². The van der Waals surface area contributed by atoms with Crippen LogP contribution in [0, 0.1) is 5.92 Å². The van der Waals surface area contributed by atoms with Gasteiger partial charge in [0.15, 0.2) is 0 Å². The Labute approximate surface area is 166 Å². The number of hydrogen-bond acceptors (Lipinski definition) is 3. The van der Waals surface area contributed by atoms with Crippen LogP contribution in [0.15, 0.2) is 66.7 Å². The van der Waals surface area contributed by atoms with Gasteiger partial charge in [-0.05, 0) is 83.2 Å². The van der Waals surface area contributed by atoms with Gasteiger partial charge in [0.2, 0.25) is 0 Å². The minimum Gasteiger partial charge on any atom is -0.508 e. The molecule has 0 aliphatic heterocycles. The average Bonchev–Trinajstić information content (AvgIpc) is 2.71. The Balaban J connectivity index is 1.76. The van der Waals surface area contributed by atoms with Crippen molar-refractivity contribution in [1.82, 2.24) is 0 Å². The van der Waals surface area contributed by atoms with E-state index in [0.29, 0.717) is 23.3 Å². The quantitative estimate of drug-likeness (QED) is 0.642. The van der Waals surface area contributed by atoms with E-state index in [2.05, 4.69) is 19.1 Å². The second-order valence-electron chi connectivity index (χ2n) is 7.77. The summed E-state index contributed by atoms with van der Waals surface area (Å²) in [5.41, 5.74) is 4.94. The molecule has 3 aromatic carbocycles. The van der Waals surface area contributed by atoms with Gasteiger partial charge in [-0.25, -0.2) is 0 Å². The molecule has 2 N–H and O–H groups in total. The van der Waals surface area contributed by atoms with Gasteiger partial charge in [0.25, 0.3) is 0 Å². The molecule has 0 fully saturated rings. The van der Waals surface area contributed by atoms with Crippen molar-refractivity contribution >= 4 is 0 Å². The summed E-state index contributed by atoms with van der Waals surface area (Å²) >= 11 is 0. The number of para-hydroxylation sites is 1. The van der Waals surface area contributed by atoms with Gasteiger partial charge in [0, 0.05) is 0 Å². The smallest absolute Gasteiger partial charge is 0.122 e. The lowest BCUT2D eigenvalue weighted by Crippen LogP contribution is -2.28. The van der Waals surface area contributed by atoms with Crippen molar-refractivity contribution in [2.45, 2.75) is 31.6 Å². The van der Waals surface area contributed by atoms with Crippen LogP contribution in [-0.2, 0) is 12.8 Å². The second-order valence-corrected chi connectivity index (χ2v) is 7.77. The van der Waals surface area contributed by atoms with Gasteiger partial charge in [-0.1, -0.05) is 43.3 Å². The number of methoxy groups -OCH3 is 1. The van der Waals surface area contributed by atoms with Crippen LogP contribution in [0.3, 0.4) is 0 Å². The first-order chi connectivity index (χ1) is 13.6. The SMILES string of the molecule is COc1ccccc1CC1c2cc(O)ccc2CC(c2ccc(O)cc2)C1C. The Morgan fingerprint density at radius 2 is 1.64 bits per heavy atom. The van der Waals surface area contributed by atoms with Crippen LogP contribution in [0.4, 0.5) is 0 Å². The average molecular weight is 374 g/mol. The molecule has 0 radical (unpaired) electrons. The third-order valence-corrected chi connectivity index (χ3v) is 6.19. The standard InChI is InChI=1S/C25H26O3/c1-16-22(17-7-10-20(26)11-8-17)13-18-9-12-21(27)15-24(18)23(16)14-19-5-3-4-6-25(19)28-2/h3-12,15-16,22-23,26-27H,13-14H2,1-2H3. The minimum absolute atomic E-state index is 0.269. The molecule has 0 heterocycles. The third kappa shape index (κ3) is 3.45. The van der Waals surface area contributed by atoms with E-state index in [9.17, 15) is 10.2 Å². The molecular formula is C25H26O3. The Hall–Kier alpha value is -2.94. The maximum Gasteiger partial charge on any atom is 0.122 e. The molecule has 3 nitrogen and oxygen atoms in total. The maximum absolute atomic E-state index is 10.1. The minimum atomic E-state index is 0.269. The zero-order valence-electron chi connectivity index (χ0n) is 16.3. The fourth-order valence-electron chi connectivity index (χ4n) is 4.65. The number of aromatic hydroxyl groups is 2. The van der Waals surface area contributed by atoms with Crippen LogP contribution >= 0.6 is 0 Å². The van der Waals surface area contributed by atoms with Crippen molar-refractivity contribution in [2.75, 3.05) is 7.11 Å². The van der Waals surface area contributed by atoms with Gasteiger partial charge >= 0.3 is 0 Å². The molecule has 3 heteroatoms. The highest BCUT2D eigenvalue weighted by Crippen LogP contribution is 2.47. The Morgan fingerprint density at radius 1 is 0.929 bits per heavy atom. The number of ether oxygens (including phenoxy) is 1. The second kappa shape index (κ2) is 7.59. The molecule has 0 amide bonds. The topological polar surface area (TPSA) is 49.7 Å². The fraction of sp³-hybridized carbons (Fsp3) is 0.280.